The molecule has 1 heterocycles. The summed E-state index contributed by atoms with van der Waals surface area (Å²) in [5.41, 5.74) is 6.46. The lowest BCUT2D eigenvalue weighted by Crippen LogP contribution is -2.49. The van der Waals surface area contributed by atoms with Crippen molar-refractivity contribution in [2.75, 3.05) is 19.8 Å². The number of carbonyl (C=O) groups is 2. The standard InChI is InChI=1S/C13H22N2O3/c1-9(2)10(3)11(16)15-8-13(12(14)17)4-6-18-7-5-13/h4-8H2,1-3H3,(H2,14,17)(H,15,16). The van der Waals surface area contributed by atoms with E-state index < -0.39 is 5.41 Å². The summed E-state index contributed by atoms with van der Waals surface area (Å²) in [6.07, 6.45) is 1.13. The second kappa shape index (κ2) is 6.00. The number of hydrogen-bond donors (Lipinski definition) is 2. The molecule has 0 spiro atoms. The first-order valence-corrected chi connectivity index (χ1v) is 6.19. The number of amides is 2. The lowest BCUT2D eigenvalue weighted by Gasteiger charge is -2.34. The number of rotatable bonds is 4. The second-order valence-corrected chi connectivity index (χ2v) is 5.06. The van der Waals surface area contributed by atoms with E-state index in [0.717, 1.165) is 5.57 Å². The molecule has 5 heteroatoms. The van der Waals surface area contributed by atoms with E-state index in [1.54, 1.807) is 6.92 Å². The number of allylic oxidation sites excluding steroid dienone is 1. The molecule has 102 valence electrons. The highest BCUT2D eigenvalue weighted by Gasteiger charge is 2.38. The van der Waals surface area contributed by atoms with Crippen LogP contribution in [0.4, 0.5) is 0 Å². The lowest BCUT2D eigenvalue weighted by molar-refractivity contribution is -0.133. The van der Waals surface area contributed by atoms with Gasteiger partial charge in [0.05, 0.1) is 5.41 Å². The Kier molecular flexibility index (Phi) is 4.90. The normalized spacial score (nSPS) is 17.9. The van der Waals surface area contributed by atoms with E-state index in [4.69, 9.17) is 10.5 Å². The number of nitrogens with one attached hydrogen (secondary N) is 1. The predicted octanol–water partition coefficient (Wildman–Crippen LogP) is 0.741. The molecule has 3 N–H and O–H groups in total. The molecule has 18 heavy (non-hydrogen) atoms. The Hall–Kier alpha value is -1.36. The number of primary amides is 1. The van der Waals surface area contributed by atoms with Crippen molar-refractivity contribution in [2.45, 2.75) is 33.6 Å². The maximum atomic E-state index is 11.8. The van der Waals surface area contributed by atoms with Gasteiger partial charge in [0.15, 0.2) is 0 Å². The van der Waals surface area contributed by atoms with Crippen molar-refractivity contribution in [3.63, 3.8) is 0 Å². The van der Waals surface area contributed by atoms with Crippen LogP contribution in [0.15, 0.2) is 11.1 Å². The minimum Gasteiger partial charge on any atom is -0.381 e. The summed E-state index contributed by atoms with van der Waals surface area (Å²) in [7, 11) is 0. The third-order valence-corrected chi connectivity index (χ3v) is 3.65. The van der Waals surface area contributed by atoms with E-state index >= 15 is 0 Å². The summed E-state index contributed by atoms with van der Waals surface area (Å²) < 4.78 is 5.24. The van der Waals surface area contributed by atoms with Crippen LogP contribution in [-0.4, -0.2) is 31.6 Å². The van der Waals surface area contributed by atoms with Crippen LogP contribution < -0.4 is 11.1 Å². The molecular weight excluding hydrogens is 232 g/mol. The Morgan fingerprint density at radius 3 is 2.22 bits per heavy atom. The quantitative estimate of drug-likeness (QED) is 0.726. The maximum absolute atomic E-state index is 11.8. The summed E-state index contributed by atoms with van der Waals surface area (Å²) in [6, 6.07) is 0. The molecule has 1 rings (SSSR count). The van der Waals surface area contributed by atoms with Crippen molar-refractivity contribution in [3.8, 4) is 0 Å². The van der Waals surface area contributed by atoms with Gasteiger partial charge in [0.1, 0.15) is 0 Å². The molecular formula is C13H22N2O3. The molecule has 0 aromatic rings. The molecule has 0 aliphatic carbocycles. The molecule has 1 saturated heterocycles. The summed E-state index contributed by atoms with van der Waals surface area (Å²) in [5.74, 6) is -0.497. The molecule has 0 atom stereocenters. The van der Waals surface area contributed by atoms with Crippen molar-refractivity contribution >= 4 is 11.8 Å². The number of carbonyl (C=O) groups excluding carboxylic acids is 2. The summed E-state index contributed by atoms with van der Waals surface area (Å²) in [5, 5.41) is 2.80. The van der Waals surface area contributed by atoms with Crippen molar-refractivity contribution in [2.24, 2.45) is 11.1 Å². The summed E-state index contributed by atoms with van der Waals surface area (Å²) in [4.78, 5) is 23.4. The van der Waals surface area contributed by atoms with Gasteiger partial charge in [0.2, 0.25) is 11.8 Å². The molecule has 1 aliphatic heterocycles. The van der Waals surface area contributed by atoms with E-state index in [2.05, 4.69) is 5.32 Å². The van der Waals surface area contributed by atoms with Gasteiger partial charge in [-0.1, -0.05) is 5.57 Å². The minimum atomic E-state index is -0.657. The largest absolute Gasteiger partial charge is 0.381 e. The van der Waals surface area contributed by atoms with Crippen LogP contribution in [0.5, 0.6) is 0 Å². The van der Waals surface area contributed by atoms with E-state index in [-0.39, 0.29) is 18.4 Å². The van der Waals surface area contributed by atoms with Gasteiger partial charge in [-0.3, -0.25) is 9.59 Å². The highest BCUT2D eigenvalue weighted by molar-refractivity contribution is 5.94. The van der Waals surface area contributed by atoms with E-state index in [1.165, 1.54) is 0 Å². The summed E-state index contributed by atoms with van der Waals surface area (Å²) in [6.45, 7) is 6.85. The van der Waals surface area contributed by atoms with Crippen molar-refractivity contribution in [3.05, 3.63) is 11.1 Å². The first-order valence-electron chi connectivity index (χ1n) is 6.19. The first-order chi connectivity index (χ1) is 8.39. The van der Waals surface area contributed by atoms with Crippen LogP contribution in [0.3, 0.4) is 0 Å². The molecule has 0 bridgehead atoms. The van der Waals surface area contributed by atoms with Crippen LogP contribution in [0.2, 0.25) is 0 Å². The molecule has 2 amide bonds. The maximum Gasteiger partial charge on any atom is 0.246 e. The minimum absolute atomic E-state index is 0.137. The van der Waals surface area contributed by atoms with Crippen LogP contribution >= 0.6 is 0 Å². The molecule has 1 aliphatic rings. The molecule has 1 fully saturated rings. The molecule has 0 saturated carbocycles. The lowest BCUT2D eigenvalue weighted by atomic mass is 9.79. The van der Waals surface area contributed by atoms with Gasteiger partial charge < -0.3 is 15.8 Å². The molecule has 0 radical (unpaired) electrons. The fourth-order valence-electron chi connectivity index (χ4n) is 1.88. The highest BCUT2D eigenvalue weighted by Crippen LogP contribution is 2.29. The van der Waals surface area contributed by atoms with Crippen molar-refractivity contribution < 1.29 is 14.3 Å². The zero-order chi connectivity index (χ0) is 13.8. The molecule has 0 unspecified atom stereocenters. The van der Waals surface area contributed by atoms with Gasteiger partial charge in [0, 0.05) is 25.3 Å². The first kappa shape index (κ1) is 14.7. The average molecular weight is 254 g/mol. The summed E-state index contributed by atoms with van der Waals surface area (Å²) >= 11 is 0. The Balaban J connectivity index is 2.67. The predicted molar refractivity (Wildman–Crippen MR) is 68.7 cm³/mol. The molecule has 0 aromatic heterocycles. The van der Waals surface area contributed by atoms with Crippen LogP contribution in [0.25, 0.3) is 0 Å². The SMILES string of the molecule is CC(C)=C(C)C(=O)NCC1(C(N)=O)CCOCC1. The van der Waals surface area contributed by atoms with Gasteiger partial charge >= 0.3 is 0 Å². The molecule has 5 nitrogen and oxygen atoms in total. The van der Waals surface area contributed by atoms with Crippen LogP contribution in [0, 0.1) is 5.41 Å². The van der Waals surface area contributed by atoms with Gasteiger partial charge in [0.25, 0.3) is 0 Å². The smallest absolute Gasteiger partial charge is 0.246 e. The average Bonchev–Trinajstić information content (AvgIpc) is 2.35. The van der Waals surface area contributed by atoms with Gasteiger partial charge in [-0.15, -0.1) is 0 Å². The van der Waals surface area contributed by atoms with Gasteiger partial charge in [-0.25, -0.2) is 0 Å². The number of nitrogens with two attached hydrogens (primary N) is 1. The third kappa shape index (κ3) is 3.32. The van der Waals surface area contributed by atoms with Gasteiger partial charge in [-0.2, -0.15) is 0 Å². The zero-order valence-corrected chi connectivity index (χ0v) is 11.3. The fourth-order valence-corrected chi connectivity index (χ4v) is 1.88. The van der Waals surface area contributed by atoms with Crippen molar-refractivity contribution in [1.29, 1.82) is 0 Å². The fraction of sp³-hybridized carbons (Fsp3) is 0.692. The van der Waals surface area contributed by atoms with E-state index in [0.29, 0.717) is 31.6 Å². The monoisotopic (exact) mass is 254 g/mol. The topological polar surface area (TPSA) is 81.4 Å². The van der Waals surface area contributed by atoms with E-state index in [1.807, 2.05) is 13.8 Å². The third-order valence-electron chi connectivity index (χ3n) is 3.65. The number of ether oxygens (including phenoxy) is 1. The second-order valence-electron chi connectivity index (χ2n) is 5.06. The highest BCUT2D eigenvalue weighted by atomic mass is 16.5. The zero-order valence-electron chi connectivity index (χ0n) is 11.3. The Morgan fingerprint density at radius 1 is 1.22 bits per heavy atom. The molecule has 0 aromatic carbocycles. The Labute approximate surface area is 108 Å². The van der Waals surface area contributed by atoms with Crippen LogP contribution in [0.1, 0.15) is 33.6 Å². The Morgan fingerprint density at radius 2 is 1.78 bits per heavy atom. The van der Waals surface area contributed by atoms with Gasteiger partial charge in [-0.05, 0) is 33.6 Å². The van der Waals surface area contributed by atoms with Crippen molar-refractivity contribution in [1.82, 2.24) is 5.32 Å². The number of hydrogen-bond acceptors (Lipinski definition) is 3. The Bertz CT molecular complexity index is 364. The van der Waals surface area contributed by atoms with Crippen LogP contribution in [-0.2, 0) is 14.3 Å². The van der Waals surface area contributed by atoms with E-state index in [9.17, 15) is 9.59 Å².